The van der Waals surface area contributed by atoms with Crippen molar-refractivity contribution in [3.8, 4) is 0 Å². The number of hydrogen-bond acceptors (Lipinski definition) is 2. The Bertz CT molecular complexity index is 148. The van der Waals surface area contributed by atoms with Crippen LogP contribution in [-0.2, 0) is 9.53 Å². The number of cyclic esters (lactones) is 1. The first-order chi connectivity index (χ1) is 5.25. The summed E-state index contributed by atoms with van der Waals surface area (Å²) >= 11 is 0. The molecule has 0 aromatic carbocycles. The van der Waals surface area contributed by atoms with Gasteiger partial charge in [0.25, 0.3) is 0 Å². The van der Waals surface area contributed by atoms with Crippen molar-refractivity contribution in [2.75, 3.05) is 6.61 Å². The highest BCUT2D eigenvalue weighted by Gasteiger charge is 2.38. The third-order valence-corrected chi connectivity index (χ3v) is 2.82. The monoisotopic (exact) mass is 156 g/mol. The maximum Gasteiger partial charge on any atom is 0.312 e. The Kier molecular flexibility index (Phi) is 2.53. The molecule has 2 nitrogen and oxygen atoms in total. The summed E-state index contributed by atoms with van der Waals surface area (Å²) in [6.45, 7) is 4.76. The SMILES string of the molecule is CCC1(CC)CCCOC1=O. The van der Waals surface area contributed by atoms with Gasteiger partial charge in [-0.15, -0.1) is 0 Å². The molecule has 1 fully saturated rings. The summed E-state index contributed by atoms with van der Waals surface area (Å²) in [5.74, 6) is 0.0220. The van der Waals surface area contributed by atoms with Crippen molar-refractivity contribution in [1.82, 2.24) is 0 Å². The molecule has 0 radical (unpaired) electrons. The lowest BCUT2D eigenvalue weighted by Gasteiger charge is -2.32. The molecule has 1 rings (SSSR count). The molecule has 0 bridgehead atoms. The summed E-state index contributed by atoms with van der Waals surface area (Å²) in [4.78, 5) is 11.4. The van der Waals surface area contributed by atoms with E-state index in [1.165, 1.54) is 0 Å². The fourth-order valence-corrected chi connectivity index (χ4v) is 1.72. The van der Waals surface area contributed by atoms with Crippen LogP contribution in [0.4, 0.5) is 0 Å². The van der Waals surface area contributed by atoms with E-state index in [1.807, 2.05) is 0 Å². The molecule has 0 atom stereocenters. The molecule has 1 heterocycles. The van der Waals surface area contributed by atoms with Crippen molar-refractivity contribution in [1.29, 1.82) is 0 Å². The van der Waals surface area contributed by atoms with Crippen molar-refractivity contribution >= 4 is 5.97 Å². The van der Waals surface area contributed by atoms with E-state index < -0.39 is 0 Å². The molecule has 0 aromatic rings. The number of esters is 1. The molecule has 0 saturated carbocycles. The zero-order valence-electron chi connectivity index (χ0n) is 7.35. The second-order valence-corrected chi connectivity index (χ2v) is 3.23. The molecule has 11 heavy (non-hydrogen) atoms. The molecule has 0 aliphatic carbocycles. The molecule has 2 heteroatoms. The van der Waals surface area contributed by atoms with Gasteiger partial charge in [-0.25, -0.2) is 0 Å². The lowest BCUT2D eigenvalue weighted by molar-refractivity contribution is -0.162. The van der Waals surface area contributed by atoms with Crippen LogP contribution in [0.5, 0.6) is 0 Å². The Morgan fingerprint density at radius 2 is 2.09 bits per heavy atom. The minimum absolute atomic E-state index is 0.0220. The van der Waals surface area contributed by atoms with E-state index in [0.717, 1.165) is 25.7 Å². The van der Waals surface area contributed by atoms with Crippen molar-refractivity contribution in [2.24, 2.45) is 5.41 Å². The Labute approximate surface area is 67.9 Å². The van der Waals surface area contributed by atoms with Crippen LogP contribution in [0.15, 0.2) is 0 Å². The number of carbonyl (C=O) groups is 1. The minimum Gasteiger partial charge on any atom is -0.465 e. The largest absolute Gasteiger partial charge is 0.465 e. The Balaban J connectivity index is 2.69. The first-order valence-corrected chi connectivity index (χ1v) is 4.42. The zero-order chi connectivity index (χ0) is 8.32. The smallest absolute Gasteiger partial charge is 0.312 e. The van der Waals surface area contributed by atoms with Crippen molar-refractivity contribution < 1.29 is 9.53 Å². The van der Waals surface area contributed by atoms with E-state index in [4.69, 9.17) is 4.74 Å². The van der Waals surface area contributed by atoms with E-state index in [0.29, 0.717) is 6.61 Å². The number of rotatable bonds is 2. The van der Waals surface area contributed by atoms with Gasteiger partial charge in [0.05, 0.1) is 12.0 Å². The normalized spacial score (nSPS) is 22.9. The second kappa shape index (κ2) is 3.24. The van der Waals surface area contributed by atoms with Crippen LogP contribution < -0.4 is 0 Å². The molecule has 0 amide bonds. The molecule has 0 N–H and O–H groups in total. The minimum atomic E-state index is -0.141. The highest BCUT2D eigenvalue weighted by molar-refractivity contribution is 5.77. The molecular weight excluding hydrogens is 140 g/mol. The van der Waals surface area contributed by atoms with Gasteiger partial charge in [-0.3, -0.25) is 4.79 Å². The van der Waals surface area contributed by atoms with Crippen molar-refractivity contribution in [2.45, 2.75) is 39.5 Å². The lowest BCUT2D eigenvalue weighted by Crippen LogP contribution is -2.36. The third kappa shape index (κ3) is 1.39. The van der Waals surface area contributed by atoms with Crippen LogP contribution in [0.3, 0.4) is 0 Å². The Morgan fingerprint density at radius 1 is 1.45 bits per heavy atom. The fourth-order valence-electron chi connectivity index (χ4n) is 1.72. The van der Waals surface area contributed by atoms with Crippen LogP contribution in [0.1, 0.15) is 39.5 Å². The number of carbonyl (C=O) groups excluding carboxylic acids is 1. The lowest BCUT2D eigenvalue weighted by atomic mass is 9.77. The molecule has 0 aromatic heterocycles. The second-order valence-electron chi connectivity index (χ2n) is 3.23. The highest BCUT2D eigenvalue weighted by atomic mass is 16.5. The van der Waals surface area contributed by atoms with E-state index in [1.54, 1.807) is 0 Å². The first-order valence-electron chi connectivity index (χ1n) is 4.42. The molecule has 0 unspecified atom stereocenters. The van der Waals surface area contributed by atoms with Gasteiger partial charge in [-0.05, 0) is 25.7 Å². The highest BCUT2D eigenvalue weighted by Crippen LogP contribution is 2.36. The average molecular weight is 156 g/mol. The van der Waals surface area contributed by atoms with Crippen LogP contribution in [0, 0.1) is 5.41 Å². The summed E-state index contributed by atoms with van der Waals surface area (Å²) in [5.41, 5.74) is -0.141. The van der Waals surface area contributed by atoms with Gasteiger partial charge in [0.2, 0.25) is 0 Å². The van der Waals surface area contributed by atoms with Crippen LogP contribution in [0.25, 0.3) is 0 Å². The summed E-state index contributed by atoms with van der Waals surface area (Å²) in [6.07, 6.45) is 3.89. The maximum absolute atomic E-state index is 11.4. The number of hydrogen-bond donors (Lipinski definition) is 0. The van der Waals surface area contributed by atoms with Gasteiger partial charge in [0.1, 0.15) is 0 Å². The molecular formula is C9H16O2. The fraction of sp³-hybridized carbons (Fsp3) is 0.889. The van der Waals surface area contributed by atoms with E-state index in [9.17, 15) is 4.79 Å². The predicted molar refractivity (Wildman–Crippen MR) is 43.2 cm³/mol. The maximum atomic E-state index is 11.4. The first kappa shape index (κ1) is 8.57. The standard InChI is InChI=1S/C9H16O2/c1-3-9(4-2)6-5-7-11-8(9)10/h3-7H2,1-2H3. The quantitative estimate of drug-likeness (QED) is 0.572. The van der Waals surface area contributed by atoms with Crippen molar-refractivity contribution in [3.63, 3.8) is 0 Å². The van der Waals surface area contributed by atoms with Crippen molar-refractivity contribution in [3.05, 3.63) is 0 Å². The van der Waals surface area contributed by atoms with Gasteiger partial charge in [-0.2, -0.15) is 0 Å². The molecule has 1 aliphatic heterocycles. The van der Waals surface area contributed by atoms with Crippen LogP contribution >= 0.6 is 0 Å². The Morgan fingerprint density at radius 3 is 2.45 bits per heavy atom. The van der Waals surface area contributed by atoms with Gasteiger partial charge in [0, 0.05) is 0 Å². The zero-order valence-corrected chi connectivity index (χ0v) is 7.35. The summed E-state index contributed by atoms with van der Waals surface area (Å²) < 4.78 is 5.04. The van der Waals surface area contributed by atoms with E-state index in [2.05, 4.69) is 13.8 Å². The predicted octanol–water partition coefficient (Wildman–Crippen LogP) is 2.13. The molecule has 1 aliphatic rings. The van der Waals surface area contributed by atoms with Gasteiger partial charge in [-0.1, -0.05) is 13.8 Å². The summed E-state index contributed by atoms with van der Waals surface area (Å²) in [7, 11) is 0. The third-order valence-electron chi connectivity index (χ3n) is 2.82. The molecule has 0 spiro atoms. The average Bonchev–Trinajstić information content (AvgIpc) is 2.06. The van der Waals surface area contributed by atoms with Gasteiger partial charge >= 0.3 is 5.97 Å². The Hall–Kier alpha value is -0.530. The van der Waals surface area contributed by atoms with Gasteiger partial charge in [0.15, 0.2) is 0 Å². The summed E-state index contributed by atoms with van der Waals surface area (Å²) in [5, 5.41) is 0. The van der Waals surface area contributed by atoms with E-state index >= 15 is 0 Å². The molecule has 1 saturated heterocycles. The van der Waals surface area contributed by atoms with Gasteiger partial charge < -0.3 is 4.74 Å². The summed E-state index contributed by atoms with van der Waals surface area (Å²) in [6, 6.07) is 0. The molecule has 64 valence electrons. The topological polar surface area (TPSA) is 26.3 Å². The van der Waals surface area contributed by atoms with Crippen LogP contribution in [0.2, 0.25) is 0 Å². The number of ether oxygens (including phenoxy) is 1. The van der Waals surface area contributed by atoms with E-state index in [-0.39, 0.29) is 11.4 Å². The van der Waals surface area contributed by atoms with Crippen LogP contribution in [-0.4, -0.2) is 12.6 Å².